The number of esters is 2. The first-order chi connectivity index (χ1) is 41.1. The normalized spacial score (nSPS) is 13.3. The number of nitrogens with zero attached hydrogens (tertiary/aromatic N) is 1. The average molecular weight is 1180 g/mol. The maximum absolute atomic E-state index is 12.9. The van der Waals surface area contributed by atoms with Gasteiger partial charge < -0.3 is 28.5 Å². The summed E-state index contributed by atoms with van der Waals surface area (Å²) in [5.41, 5.74) is 0. The molecule has 0 aromatic carbocycles. The summed E-state index contributed by atoms with van der Waals surface area (Å²) in [4.78, 5) is 37.6. The van der Waals surface area contributed by atoms with Crippen molar-refractivity contribution in [2.45, 2.75) is 315 Å². The zero-order chi connectivity index (χ0) is 61.2. The van der Waals surface area contributed by atoms with E-state index in [9.17, 15) is 19.5 Å². The van der Waals surface area contributed by atoms with Crippen LogP contribution in [-0.2, 0) is 33.3 Å². The molecule has 0 fully saturated rings. The number of carboxylic acid groups (broad SMARTS) is 1. The van der Waals surface area contributed by atoms with Crippen LogP contribution in [0.1, 0.15) is 303 Å². The second kappa shape index (κ2) is 65.2. The van der Waals surface area contributed by atoms with Crippen molar-refractivity contribution in [1.29, 1.82) is 0 Å². The largest absolute Gasteiger partial charge is 0.477 e. The summed E-state index contributed by atoms with van der Waals surface area (Å²) in [7, 11) is 5.98. The number of quaternary nitrogens is 1. The number of unbranched alkanes of at least 4 members (excludes halogenated alkanes) is 33. The highest BCUT2D eigenvalue weighted by Gasteiger charge is 2.25. The van der Waals surface area contributed by atoms with E-state index < -0.39 is 24.3 Å². The van der Waals surface area contributed by atoms with Crippen LogP contribution in [0.4, 0.5) is 0 Å². The van der Waals surface area contributed by atoms with Crippen LogP contribution in [0.3, 0.4) is 0 Å². The van der Waals surface area contributed by atoms with Gasteiger partial charge in [0.2, 0.25) is 0 Å². The molecular formula is C75H132NO8+. The molecule has 0 saturated heterocycles. The van der Waals surface area contributed by atoms with Crippen molar-refractivity contribution >= 4 is 17.9 Å². The van der Waals surface area contributed by atoms with Gasteiger partial charge in [-0.1, -0.05) is 310 Å². The summed E-state index contributed by atoms with van der Waals surface area (Å²) in [5, 5.41) is 9.74. The summed E-state index contributed by atoms with van der Waals surface area (Å²) in [6, 6.07) is 0. The minimum Gasteiger partial charge on any atom is -0.477 e. The smallest absolute Gasteiger partial charge is 0.361 e. The quantitative estimate of drug-likeness (QED) is 0.0211. The number of ether oxygens (including phenoxy) is 4. The Kier molecular flexibility index (Phi) is 62.2. The van der Waals surface area contributed by atoms with Crippen molar-refractivity contribution in [3.05, 3.63) is 97.2 Å². The third kappa shape index (κ3) is 65.7. The molecule has 0 aliphatic rings. The van der Waals surface area contributed by atoms with E-state index in [-0.39, 0.29) is 32.2 Å². The van der Waals surface area contributed by atoms with E-state index in [2.05, 4.69) is 111 Å². The lowest BCUT2D eigenvalue weighted by Gasteiger charge is -2.25. The van der Waals surface area contributed by atoms with Crippen LogP contribution in [0, 0.1) is 0 Å². The van der Waals surface area contributed by atoms with E-state index >= 15 is 0 Å². The Morgan fingerprint density at radius 3 is 1.01 bits per heavy atom. The molecule has 0 aromatic heterocycles. The fourth-order valence-electron chi connectivity index (χ4n) is 9.80. The highest BCUT2D eigenvalue weighted by molar-refractivity contribution is 5.71. The standard InChI is InChI=1S/C75H131NO8/c1-6-8-10-12-14-16-18-20-22-24-26-28-30-31-32-33-34-35-36-37-38-39-40-41-42-43-44-46-48-50-52-54-56-58-60-62-64-66-73(78)84-71(70-83-75(74(79)80)81-68-67-76(3,4)5)69-82-72(77)65-63-61-59-57-55-53-51-49-47-45-29-27-25-23-21-19-17-15-13-11-9-7-2/h8,10,14,16,20,22,26,28,31-32,34-35,37-38,40-41,71,75H,6-7,9,11-13,15,17-19,21,23-25,27,29-30,33,36,39,42-70H2,1-5H3/p+1/b10-8-,16-14-,22-20-,28-26-,32-31-,35-34-,38-37-,41-40-. The van der Waals surface area contributed by atoms with Gasteiger partial charge in [0.15, 0.2) is 6.10 Å². The average Bonchev–Trinajstić information content (AvgIpc) is 3.55. The van der Waals surface area contributed by atoms with Crippen molar-refractivity contribution in [1.82, 2.24) is 0 Å². The number of aliphatic carboxylic acids is 1. The Balaban J connectivity index is 4.12. The van der Waals surface area contributed by atoms with Crippen molar-refractivity contribution < 1.29 is 42.9 Å². The van der Waals surface area contributed by atoms with Crippen LogP contribution in [0.25, 0.3) is 0 Å². The van der Waals surface area contributed by atoms with Gasteiger partial charge in [0.1, 0.15) is 13.2 Å². The zero-order valence-corrected chi connectivity index (χ0v) is 55.3. The van der Waals surface area contributed by atoms with Gasteiger partial charge in [0.25, 0.3) is 6.29 Å². The van der Waals surface area contributed by atoms with Crippen LogP contribution in [-0.4, -0.2) is 87.4 Å². The third-order valence-electron chi connectivity index (χ3n) is 15.1. The second-order valence-electron chi connectivity index (χ2n) is 24.5. The number of carbonyl (C=O) groups is 3. The molecule has 0 aromatic rings. The number of carboxylic acids is 1. The molecule has 0 saturated carbocycles. The lowest BCUT2D eigenvalue weighted by atomic mass is 10.0. The molecule has 0 bridgehead atoms. The highest BCUT2D eigenvalue weighted by atomic mass is 16.7. The molecule has 0 rings (SSSR count). The molecule has 84 heavy (non-hydrogen) atoms. The van der Waals surface area contributed by atoms with Crippen LogP contribution in [0.15, 0.2) is 97.2 Å². The number of hydrogen-bond donors (Lipinski definition) is 1. The van der Waals surface area contributed by atoms with Gasteiger partial charge in [0, 0.05) is 12.8 Å². The topological polar surface area (TPSA) is 108 Å². The summed E-state index contributed by atoms with van der Waals surface area (Å²) in [6.45, 7) is 4.80. The number of carbonyl (C=O) groups excluding carboxylic acids is 2. The van der Waals surface area contributed by atoms with Crippen LogP contribution >= 0.6 is 0 Å². The van der Waals surface area contributed by atoms with Gasteiger partial charge >= 0.3 is 17.9 Å². The van der Waals surface area contributed by atoms with Crippen LogP contribution in [0.5, 0.6) is 0 Å². The van der Waals surface area contributed by atoms with Crippen LogP contribution in [0.2, 0.25) is 0 Å². The Bertz CT molecular complexity index is 1700. The number of likely N-dealkylation sites (N-methyl/N-ethyl adjacent to an activating group) is 1. The molecule has 9 nitrogen and oxygen atoms in total. The van der Waals surface area contributed by atoms with Crippen molar-refractivity contribution in [3.63, 3.8) is 0 Å². The van der Waals surface area contributed by atoms with E-state index in [1.54, 1.807) is 0 Å². The third-order valence-corrected chi connectivity index (χ3v) is 15.1. The summed E-state index contributed by atoms with van der Waals surface area (Å²) in [6.07, 6.45) is 86.6. The van der Waals surface area contributed by atoms with E-state index in [0.717, 1.165) is 89.9 Å². The second-order valence-corrected chi connectivity index (χ2v) is 24.5. The molecule has 2 unspecified atom stereocenters. The lowest BCUT2D eigenvalue weighted by molar-refractivity contribution is -0.870. The van der Waals surface area contributed by atoms with E-state index in [1.165, 1.54) is 180 Å². The predicted molar refractivity (Wildman–Crippen MR) is 359 cm³/mol. The maximum Gasteiger partial charge on any atom is 0.361 e. The van der Waals surface area contributed by atoms with E-state index in [0.29, 0.717) is 23.9 Å². The zero-order valence-electron chi connectivity index (χ0n) is 55.3. The number of hydrogen-bond acceptors (Lipinski definition) is 7. The first-order valence-electron chi connectivity index (χ1n) is 34.9. The molecule has 0 spiro atoms. The van der Waals surface area contributed by atoms with Gasteiger partial charge in [0.05, 0.1) is 34.4 Å². The molecule has 1 N–H and O–H groups in total. The van der Waals surface area contributed by atoms with Crippen molar-refractivity contribution in [2.24, 2.45) is 0 Å². The summed E-state index contributed by atoms with van der Waals surface area (Å²) >= 11 is 0. The Morgan fingerprint density at radius 1 is 0.369 bits per heavy atom. The minimum absolute atomic E-state index is 0.182. The van der Waals surface area contributed by atoms with Crippen molar-refractivity contribution in [2.75, 3.05) is 47.5 Å². The summed E-state index contributed by atoms with van der Waals surface area (Å²) < 4.78 is 23.0. The Hall–Kier alpha value is -3.79. The Morgan fingerprint density at radius 2 is 0.679 bits per heavy atom. The molecular weight excluding hydrogens is 1040 g/mol. The molecule has 484 valence electrons. The van der Waals surface area contributed by atoms with Gasteiger partial charge in [-0.15, -0.1) is 0 Å². The van der Waals surface area contributed by atoms with Gasteiger partial charge in [-0.3, -0.25) is 9.59 Å². The minimum atomic E-state index is -1.51. The number of allylic oxidation sites excluding steroid dienone is 16. The molecule has 9 heteroatoms. The summed E-state index contributed by atoms with van der Waals surface area (Å²) in [5.74, 6) is -2.00. The molecule has 0 amide bonds. The van der Waals surface area contributed by atoms with E-state index in [4.69, 9.17) is 18.9 Å². The maximum atomic E-state index is 12.9. The van der Waals surface area contributed by atoms with Gasteiger partial charge in [-0.2, -0.15) is 0 Å². The van der Waals surface area contributed by atoms with E-state index in [1.807, 2.05) is 21.1 Å². The molecule has 0 aliphatic carbocycles. The Labute approximate surface area is 518 Å². The SMILES string of the molecule is CC/C=C\C/C=C\C/C=C\C/C=C\C/C=C\C/C=C\C/C=C\C/C=C\CCCCCCCCCCCCCCC(=O)OC(COC(=O)CCCCCCCCCCCCCCCCCCCCCCCC)COC(OCC[N+](C)(C)C)C(=O)O. The fourth-order valence-corrected chi connectivity index (χ4v) is 9.80. The predicted octanol–water partition coefficient (Wildman–Crippen LogP) is 21.6. The number of rotatable bonds is 64. The van der Waals surface area contributed by atoms with Crippen molar-refractivity contribution in [3.8, 4) is 0 Å². The molecule has 0 aliphatic heterocycles. The first-order valence-corrected chi connectivity index (χ1v) is 34.9. The molecule has 0 heterocycles. The van der Waals surface area contributed by atoms with Gasteiger partial charge in [-0.25, -0.2) is 4.79 Å². The van der Waals surface area contributed by atoms with Crippen LogP contribution < -0.4 is 0 Å². The molecule has 0 radical (unpaired) electrons. The molecule has 2 atom stereocenters. The van der Waals surface area contributed by atoms with Gasteiger partial charge in [-0.05, 0) is 77.0 Å². The highest BCUT2D eigenvalue weighted by Crippen LogP contribution is 2.18. The monoisotopic (exact) mass is 1170 g/mol. The fraction of sp³-hybridized carbons (Fsp3) is 0.747. The first kappa shape index (κ1) is 80.2. The lowest BCUT2D eigenvalue weighted by Crippen LogP contribution is -2.40.